The van der Waals surface area contributed by atoms with Gasteiger partial charge in [0.2, 0.25) is 0 Å². The summed E-state index contributed by atoms with van der Waals surface area (Å²) in [6, 6.07) is 7.82. The van der Waals surface area contributed by atoms with Crippen LogP contribution in [0.3, 0.4) is 0 Å². The maximum absolute atomic E-state index is 12.5. The van der Waals surface area contributed by atoms with Gasteiger partial charge in [-0.25, -0.2) is 0 Å². The van der Waals surface area contributed by atoms with Crippen molar-refractivity contribution in [1.29, 1.82) is 0 Å². The highest BCUT2D eigenvalue weighted by atomic mass is 16.3. The molecule has 2 rings (SSSR count). The van der Waals surface area contributed by atoms with Crippen LogP contribution in [-0.2, 0) is 0 Å². The molecular weight excluding hydrogens is 264 g/mol. The molecule has 0 saturated carbocycles. The number of fused-ring (bicyclic) bond motifs is 1. The molecule has 0 bridgehead atoms. The van der Waals surface area contributed by atoms with E-state index >= 15 is 0 Å². The predicted octanol–water partition coefficient (Wildman–Crippen LogP) is 3.19. The zero-order chi connectivity index (χ0) is 15.6. The lowest BCUT2D eigenvalue weighted by molar-refractivity contribution is 0.0759. The molecule has 114 valence electrons. The van der Waals surface area contributed by atoms with Gasteiger partial charge in [-0.2, -0.15) is 0 Å². The Labute approximate surface area is 125 Å². The van der Waals surface area contributed by atoms with Gasteiger partial charge in [-0.3, -0.25) is 4.79 Å². The number of carbonyl (C=O) groups excluding carboxylic acids is 1. The third-order valence-electron chi connectivity index (χ3n) is 4.04. The summed E-state index contributed by atoms with van der Waals surface area (Å²) >= 11 is 0. The van der Waals surface area contributed by atoms with E-state index in [1.54, 1.807) is 11.9 Å². The van der Waals surface area contributed by atoms with Crippen LogP contribution in [0, 0.1) is 12.8 Å². The van der Waals surface area contributed by atoms with Crippen molar-refractivity contribution in [2.45, 2.75) is 33.2 Å². The van der Waals surface area contributed by atoms with E-state index in [4.69, 9.17) is 10.2 Å². The van der Waals surface area contributed by atoms with E-state index in [1.165, 1.54) is 0 Å². The number of carbonyl (C=O) groups is 1. The van der Waals surface area contributed by atoms with Crippen LogP contribution in [0.15, 0.2) is 28.7 Å². The van der Waals surface area contributed by atoms with Crippen molar-refractivity contribution in [3.8, 4) is 0 Å². The Morgan fingerprint density at radius 3 is 2.62 bits per heavy atom. The molecule has 2 N–H and O–H groups in total. The highest BCUT2D eigenvalue weighted by Gasteiger charge is 2.21. The van der Waals surface area contributed by atoms with Gasteiger partial charge in [0.05, 0.1) is 0 Å². The molecule has 1 heterocycles. The summed E-state index contributed by atoms with van der Waals surface area (Å²) in [5.74, 6) is 0.762. The molecule has 4 heteroatoms. The van der Waals surface area contributed by atoms with Crippen molar-refractivity contribution >= 4 is 16.9 Å². The minimum Gasteiger partial charge on any atom is -0.451 e. The molecule has 0 fully saturated rings. The van der Waals surface area contributed by atoms with Crippen molar-refractivity contribution in [2.75, 3.05) is 13.6 Å². The van der Waals surface area contributed by atoms with Crippen molar-refractivity contribution in [2.24, 2.45) is 11.7 Å². The van der Waals surface area contributed by atoms with Crippen molar-refractivity contribution < 1.29 is 9.21 Å². The Hall–Kier alpha value is -1.81. The van der Waals surface area contributed by atoms with Crippen molar-refractivity contribution in [3.63, 3.8) is 0 Å². The largest absolute Gasteiger partial charge is 0.451 e. The summed E-state index contributed by atoms with van der Waals surface area (Å²) in [5.41, 5.74) is 7.69. The average molecular weight is 288 g/mol. The van der Waals surface area contributed by atoms with E-state index in [0.717, 1.165) is 23.0 Å². The van der Waals surface area contributed by atoms with Gasteiger partial charge in [-0.05, 0) is 25.3 Å². The zero-order valence-electron chi connectivity index (χ0n) is 13.2. The second-order valence-corrected chi connectivity index (χ2v) is 5.98. The molecule has 0 spiro atoms. The van der Waals surface area contributed by atoms with Crippen LogP contribution >= 0.6 is 0 Å². The Balaban J connectivity index is 2.12. The van der Waals surface area contributed by atoms with Crippen LogP contribution in [-0.4, -0.2) is 30.4 Å². The molecule has 1 atom stereocenters. The number of para-hydroxylation sites is 1. The summed E-state index contributed by atoms with van der Waals surface area (Å²) in [6.45, 7) is 6.74. The average Bonchev–Trinajstić information content (AvgIpc) is 2.81. The lowest BCUT2D eigenvalue weighted by atomic mass is 10.0. The maximum atomic E-state index is 12.5. The fraction of sp³-hybridized carbons (Fsp3) is 0.471. The summed E-state index contributed by atoms with van der Waals surface area (Å²) in [4.78, 5) is 14.2. The smallest absolute Gasteiger partial charge is 0.289 e. The van der Waals surface area contributed by atoms with Crippen molar-refractivity contribution in [1.82, 2.24) is 4.90 Å². The zero-order valence-corrected chi connectivity index (χ0v) is 13.2. The fourth-order valence-corrected chi connectivity index (χ4v) is 2.33. The van der Waals surface area contributed by atoms with Crippen LogP contribution < -0.4 is 5.73 Å². The minimum absolute atomic E-state index is 0.0837. The number of hydrogen-bond acceptors (Lipinski definition) is 3. The third-order valence-corrected chi connectivity index (χ3v) is 4.04. The van der Waals surface area contributed by atoms with E-state index in [1.807, 2.05) is 31.2 Å². The molecule has 4 nitrogen and oxygen atoms in total. The van der Waals surface area contributed by atoms with Crippen LogP contribution in [0.1, 0.15) is 36.4 Å². The Kier molecular flexibility index (Phi) is 4.68. The summed E-state index contributed by atoms with van der Waals surface area (Å²) in [6.07, 6.45) is 0.791. The van der Waals surface area contributed by atoms with Crippen LogP contribution in [0.25, 0.3) is 11.0 Å². The molecule has 0 aliphatic carbocycles. The van der Waals surface area contributed by atoms with Gasteiger partial charge >= 0.3 is 0 Å². The van der Waals surface area contributed by atoms with E-state index in [2.05, 4.69) is 13.8 Å². The number of furan rings is 1. The lowest BCUT2D eigenvalue weighted by Gasteiger charge is -2.21. The molecule has 1 aromatic carbocycles. The van der Waals surface area contributed by atoms with Gasteiger partial charge in [0, 0.05) is 30.6 Å². The molecular formula is C17H24N2O2. The lowest BCUT2D eigenvalue weighted by Crippen LogP contribution is -2.34. The van der Waals surface area contributed by atoms with Crippen LogP contribution in [0.4, 0.5) is 0 Å². The van der Waals surface area contributed by atoms with Crippen LogP contribution in [0.5, 0.6) is 0 Å². The van der Waals surface area contributed by atoms with E-state index in [9.17, 15) is 4.79 Å². The third kappa shape index (κ3) is 3.27. The molecule has 1 amide bonds. The number of rotatable bonds is 5. The number of nitrogens with two attached hydrogens (primary N) is 1. The summed E-state index contributed by atoms with van der Waals surface area (Å²) < 4.78 is 5.71. The van der Waals surface area contributed by atoms with Gasteiger partial charge in [0.15, 0.2) is 5.76 Å². The molecule has 1 unspecified atom stereocenters. The topological polar surface area (TPSA) is 59.5 Å². The summed E-state index contributed by atoms with van der Waals surface area (Å²) in [5, 5.41) is 0.994. The number of amides is 1. The molecule has 0 radical (unpaired) electrons. The van der Waals surface area contributed by atoms with Gasteiger partial charge in [0.25, 0.3) is 5.91 Å². The SMILES string of the molecule is Cc1c(C(=O)N(C)CCC(N)C(C)C)oc2ccccc12. The predicted molar refractivity (Wildman–Crippen MR) is 85.3 cm³/mol. The minimum atomic E-state index is -0.0837. The highest BCUT2D eigenvalue weighted by molar-refractivity contribution is 5.98. The Bertz CT molecular complexity index is 631. The number of hydrogen-bond donors (Lipinski definition) is 1. The van der Waals surface area contributed by atoms with Crippen LogP contribution in [0.2, 0.25) is 0 Å². The number of aryl methyl sites for hydroxylation is 1. The monoisotopic (exact) mass is 288 g/mol. The number of benzene rings is 1. The second-order valence-electron chi connectivity index (χ2n) is 5.98. The Morgan fingerprint density at radius 1 is 1.33 bits per heavy atom. The first kappa shape index (κ1) is 15.6. The van der Waals surface area contributed by atoms with E-state index < -0.39 is 0 Å². The fourth-order valence-electron chi connectivity index (χ4n) is 2.33. The molecule has 1 aromatic heterocycles. The molecule has 0 aliphatic rings. The molecule has 0 saturated heterocycles. The summed E-state index contributed by atoms with van der Waals surface area (Å²) in [7, 11) is 1.79. The van der Waals surface area contributed by atoms with Gasteiger partial charge in [-0.15, -0.1) is 0 Å². The quantitative estimate of drug-likeness (QED) is 0.919. The molecule has 21 heavy (non-hydrogen) atoms. The maximum Gasteiger partial charge on any atom is 0.289 e. The van der Waals surface area contributed by atoms with E-state index in [-0.39, 0.29) is 11.9 Å². The van der Waals surface area contributed by atoms with Gasteiger partial charge < -0.3 is 15.1 Å². The van der Waals surface area contributed by atoms with Crippen molar-refractivity contribution in [3.05, 3.63) is 35.6 Å². The number of nitrogens with zero attached hydrogens (tertiary/aromatic N) is 1. The first-order valence-electron chi connectivity index (χ1n) is 7.41. The molecule has 0 aliphatic heterocycles. The first-order valence-corrected chi connectivity index (χ1v) is 7.41. The van der Waals surface area contributed by atoms with Gasteiger partial charge in [0.1, 0.15) is 5.58 Å². The van der Waals surface area contributed by atoms with E-state index in [0.29, 0.717) is 18.2 Å². The molecule has 2 aromatic rings. The standard InChI is InChI=1S/C17H24N2O2/c1-11(2)14(18)9-10-19(4)17(20)16-12(3)13-7-5-6-8-15(13)21-16/h5-8,11,14H,9-10,18H2,1-4H3. The van der Waals surface area contributed by atoms with Gasteiger partial charge in [-0.1, -0.05) is 32.0 Å². The highest BCUT2D eigenvalue weighted by Crippen LogP contribution is 2.25. The second kappa shape index (κ2) is 6.31. The first-order chi connectivity index (χ1) is 9.91. The normalized spacial score (nSPS) is 12.9. The Morgan fingerprint density at radius 2 is 2.00 bits per heavy atom.